The largest absolute Gasteiger partial charge is 0.451 e. The van der Waals surface area contributed by atoms with Gasteiger partial charge in [-0.05, 0) is 43.4 Å². The van der Waals surface area contributed by atoms with Crippen molar-refractivity contribution in [2.45, 2.75) is 49.8 Å². The van der Waals surface area contributed by atoms with E-state index >= 15 is 0 Å². The van der Waals surface area contributed by atoms with Crippen molar-refractivity contribution < 1.29 is 40.8 Å². The molecule has 0 aromatic heterocycles. The van der Waals surface area contributed by atoms with Crippen LogP contribution < -0.4 is 0 Å². The average molecular weight is 406 g/mol. The van der Waals surface area contributed by atoms with E-state index in [2.05, 4.69) is 4.74 Å². The Balaban J connectivity index is 1.78. The van der Waals surface area contributed by atoms with Gasteiger partial charge in [-0.3, -0.25) is 4.55 Å². The number of hydrogen-bond donors (Lipinski definition) is 1. The summed E-state index contributed by atoms with van der Waals surface area (Å²) >= 11 is 0. The molecule has 1 fully saturated rings. The molecule has 0 radical (unpaired) electrons. The first-order valence-electron chi connectivity index (χ1n) is 8.52. The summed E-state index contributed by atoms with van der Waals surface area (Å²) in [5.74, 6) is -1.08. The van der Waals surface area contributed by atoms with Crippen molar-refractivity contribution in [2.75, 3.05) is 13.2 Å². The molecule has 10 heteroatoms. The first-order valence-corrected chi connectivity index (χ1v) is 9.96. The van der Waals surface area contributed by atoms with E-state index in [1.54, 1.807) is 12.1 Å². The Kier molecular flexibility index (Phi) is 5.53. The highest BCUT2D eigenvalue weighted by atomic mass is 32.2. The monoisotopic (exact) mass is 406 g/mol. The number of hydrogen-bond acceptors (Lipinski definition) is 6. The molecular formula is C17H20F2O7S. The molecule has 1 heterocycles. The number of rotatable bonds is 7. The average Bonchev–Trinajstić information content (AvgIpc) is 3.42. The number of carbonyl (C=O) groups excluding carboxylic acids is 1. The predicted molar refractivity (Wildman–Crippen MR) is 89.2 cm³/mol. The summed E-state index contributed by atoms with van der Waals surface area (Å²) in [7, 11) is -5.71. The SMILES string of the molecule is CC(OC(=O)c1cccc2c1CCCC2OCC1CO1)C(F)(F)S(=O)(=O)O. The third-order valence-electron chi connectivity index (χ3n) is 4.66. The second-order valence-electron chi connectivity index (χ2n) is 6.63. The van der Waals surface area contributed by atoms with Crippen molar-refractivity contribution in [2.24, 2.45) is 0 Å². The van der Waals surface area contributed by atoms with Crippen LogP contribution in [0.4, 0.5) is 8.78 Å². The second kappa shape index (κ2) is 7.42. The normalized spacial score (nSPS) is 23.4. The molecule has 3 rings (SSSR count). The Hall–Kier alpha value is -1.62. The van der Waals surface area contributed by atoms with E-state index in [0.29, 0.717) is 32.1 Å². The molecule has 0 bridgehead atoms. The van der Waals surface area contributed by atoms with Crippen molar-refractivity contribution in [3.05, 3.63) is 34.9 Å². The van der Waals surface area contributed by atoms with E-state index < -0.39 is 27.4 Å². The molecule has 1 aliphatic carbocycles. The van der Waals surface area contributed by atoms with Gasteiger partial charge >= 0.3 is 21.3 Å². The van der Waals surface area contributed by atoms with Crippen molar-refractivity contribution in [3.8, 4) is 0 Å². The number of fused-ring (bicyclic) bond motifs is 1. The Morgan fingerprint density at radius 2 is 2.15 bits per heavy atom. The van der Waals surface area contributed by atoms with Crippen LogP contribution in [-0.2, 0) is 30.7 Å². The van der Waals surface area contributed by atoms with Crippen LogP contribution in [0.5, 0.6) is 0 Å². The van der Waals surface area contributed by atoms with Crippen LogP contribution in [0.25, 0.3) is 0 Å². The van der Waals surface area contributed by atoms with Gasteiger partial charge in [0.15, 0.2) is 6.10 Å². The minimum atomic E-state index is -5.71. The number of carbonyl (C=O) groups is 1. The zero-order valence-corrected chi connectivity index (χ0v) is 15.4. The maximum atomic E-state index is 13.6. The van der Waals surface area contributed by atoms with Gasteiger partial charge in [-0.2, -0.15) is 17.2 Å². The summed E-state index contributed by atoms with van der Waals surface area (Å²) < 4.78 is 73.1. The number of benzene rings is 1. The molecule has 0 saturated carbocycles. The molecule has 1 aromatic carbocycles. The Bertz CT molecular complexity index is 821. The van der Waals surface area contributed by atoms with E-state index in [1.165, 1.54) is 6.07 Å². The summed E-state index contributed by atoms with van der Waals surface area (Å²) in [5.41, 5.74) is 1.50. The minimum absolute atomic E-state index is 0.0847. The van der Waals surface area contributed by atoms with Gasteiger partial charge < -0.3 is 14.2 Å². The first kappa shape index (κ1) is 20.1. The van der Waals surface area contributed by atoms with Gasteiger partial charge in [0.05, 0.1) is 24.9 Å². The topological polar surface area (TPSA) is 102 Å². The van der Waals surface area contributed by atoms with E-state index in [9.17, 15) is 22.0 Å². The summed E-state index contributed by atoms with van der Waals surface area (Å²) in [6.45, 7) is 1.81. The maximum absolute atomic E-state index is 13.6. The predicted octanol–water partition coefficient (Wildman–Crippen LogP) is 2.51. The molecule has 3 unspecified atom stereocenters. The third-order valence-corrected chi connectivity index (χ3v) is 5.68. The van der Waals surface area contributed by atoms with Crippen LogP contribution in [0.3, 0.4) is 0 Å². The summed E-state index contributed by atoms with van der Waals surface area (Å²) in [6.07, 6.45) is -0.448. The minimum Gasteiger partial charge on any atom is -0.451 e. The number of epoxide rings is 1. The maximum Gasteiger partial charge on any atom is 0.405 e. The van der Waals surface area contributed by atoms with Crippen molar-refractivity contribution in [1.29, 1.82) is 0 Å². The molecule has 0 spiro atoms. The lowest BCUT2D eigenvalue weighted by molar-refractivity contribution is -0.0551. The molecule has 27 heavy (non-hydrogen) atoms. The van der Waals surface area contributed by atoms with Gasteiger partial charge in [-0.15, -0.1) is 0 Å². The highest BCUT2D eigenvalue weighted by Gasteiger charge is 2.52. The fraction of sp³-hybridized carbons (Fsp3) is 0.588. The molecular weight excluding hydrogens is 386 g/mol. The molecule has 7 nitrogen and oxygen atoms in total. The fourth-order valence-electron chi connectivity index (χ4n) is 3.06. The highest BCUT2D eigenvalue weighted by molar-refractivity contribution is 7.86. The van der Waals surface area contributed by atoms with E-state index in [1.807, 2.05) is 0 Å². The molecule has 2 aliphatic rings. The lowest BCUT2D eigenvalue weighted by atomic mass is 9.86. The smallest absolute Gasteiger partial charge is 0.405 e. The van der Waals surface area contributed by atoms with Crippen LogP contribution in [0.15, 0.2) is 18.2 Å². The zero-order chi connectivity index (χ0) is 19.8. The van der Waals surface area contributed by atoms with E-state index in [4.69, 9.17) is 14.0 Å². The first-order chi connectivity index (χ1) is 12.6. The quantitative estimate of drug-likeness (QED) is 0.422. The summed E-state index contributed by atoms with van der Waals surface area (Å²) in [4.78, 5) is 12.4. The van der Waals surface area contributed by atoms with Crippen LogP contribution in [0, 0.1) is 0 Å². The highest BCUT2D eigenvalue weighted by Crippen LogP contribution is 2.36. The number of alkyl halides is 2. The van der Waals surface area contributed by atoms with Crippen LogP contribution in [-0.4, -0.2) is 49.6 Å². The van der Waals surface area contributed by atoms with Crippen molar-refractivity contribution >= 4 is 16.1 Å². The molecule has 1 aromatic rings. The van der Waals surface area contributed by atoms with Gasteiger partial charge in [0.1, 0.15) is 6.10 Å². The summed E-state index contributed by atoms with van der Waals surface area (Å²) in [5, 5.41) is -4.60. The Morgan fingerprint density at radius 1 is 1.44 bits per heavy atom. The van der Waals surface area contributed by atoms with E-state index in [-0.39, 0.29) is 17.8 Å². The van der Waals surface area contributed by atoms with Crippen molar-refractivity contribution in [1.82, 2.24) is 0 Å². The number of ether oxygens (including phenoxy) is 3. The Morgan fingerprint density at radius 3 is 2.78 bits per heavy atom. The molecule has 150 valence electrons. The van der Waals surface area contributed by atoms with Crippen LogP contribution in [0.1, 0.15) is 47.4 Å². The van der Waals surface area contributed by atoms with Crippen LogP contribution in [0.2, 0.25) is 0 Å². The fourth-order valence-corrected chi connectivity index (χ4v) is 3.53. The second-order valence-corrected chi connectivity index (χ2v) is 8.12. The number of esters is 1. The molecule has 3 atom stereocenters. The van der Waals surface area contributed by atoms with Crippen molar-refractivity contribution in [3.63, 3.8) is 0 Å². The third kappa shape index (κ3) is 4.29. The van der Waals surface area contributed by atoms with Crippen LogP contribution >= 0.6 is 0 Å². The van der Waals surface area contributed by atoms with Gasteiger partial charge in [-0.25, -0.2) is 4.79 Å². The molecule has 1 saturated heterocycles. The van der Waals surface area contributed by atoms with E-state index in [0.717, 1.165) is 18.4 Å². The van der Waals surface area contributed by atoms with Gasteiger partial charge in [0, 0.05) is 0 Å². The standard InChI is InChI=1S/C17H20F2O7S/c1-10(17(18,19)27(21,22)23)26-16(20)14-6-2-5-13-12(14)4-3-7-15(13)25-9-11-8-24-11/h2,5-6,10-11,15H,3-4,7-9H2,1H3,(H,21,22,23). The van der Waals surface area contributed by atoms with Gasteiger partial charge in [0.25, 0.3) is 0 Å². The molecule has 1 aliphatic heterocycles. The molecule has 0 amide bonds. The lowest BCUT2D eigenvalue weighted by Crippen LogP contribution is -2.42. The lowest BCUT2D eigenvalue weighted by Gasteiger charge is -2.27. The molecule has 1 N–H and O–H groups in total. The van der Waals surface area contributed by atoms with Gasteiger partial charge in [-0.1, -0.05) is 12.1 Å². The summed E-state index contributed by atoms with van der Waals surface area (Å²) in [6, 6.07) is 4.84. The number of halogens is 2. The zero-order valence-electron chi connectivity index (χ0n) is 14.6. The van der Waals surface area contributed by atoms with Gasteiger partial charge in [0.2, 0.25) is 0 Å². The Labute approximate surface area is 155 Å².